The summed E-state index contributed by atoms with van der Waals surface area (Å²) < 4.78 is 1.85. The van der Waals surface area contributed by atoms with Crippen LogP contribution in [-0.4, -0.2) is 32.3 Å². The molecule has 2 N–H and O–H groups in total. The number of carbonyl (C=O) groups is 2. The lowest BCUT2D eigenvalue weighted by Gasteiger charge is -2.09. The molecule has 0 aliphatic rings. The Labute approximate surface area is 187 Å². The summed E-state index contributed by atoms with van der Waals surface area (Å²) in [5.41, 5.74) is 3.32. The molecular formula is C22H19N5O2S2. The van der Waals surface area contributed by atoms with Gasteiger partial charge in [0.25, 0.3) is 5.91 Å². The van der Waals surface area contributed by atoms with Crippen molar-refractivity contribution >= 4 is 46.3 Å². The Balaban J connectivity index is 1.35. The molecule has 2 amide bonds. The molecule has 9 heteroatoms. The number of aromatic nitrogens is 3. The smallest absolute Gasteiger partial charge is 0.265 e. The number of carbonyl (C=O) groups excluding carboxylic acids is 2. The Kier molecular flexibility index (Phi) is 6.44. The van der Waals surface area contributed by atoms with Crippen molar-refractivity contribution in [2.75, 3.05) is 16.4 Å². The van der Waals surface area contributed by atoms with E-state index < -0.39 is 0 Å². The van der Waals surface area contributed by atoms with Crippen LogP contribution in [0.3, 0.4) is 0 Å². The van der Waals surface area contributed by atoms with Gasteiger partial charge in [0.1, 0.15) is 6.33 Å². The lowest BCUT2D eigenvalue weighted by molar-refractivity contribution is -0.113. The first-order valence-electron chi connectivity index (χ1n) is 9.43. The van der Waals surface area contributed by atoms with Crippen molar-refractivity contribution in [1.82, 2.24) is 14.8 Å². The first-order chi connectivity index (χ1) is 15.1. The monoisotopic (exact) mass is 449 g/mol. The number of thioether (sulfide) groups is 1. The summed E-state index contributed by atoms with van der Waals surface area (Å²) in [4.78, 5) is 25.3. The van der Waals surface area contributed by atoms with Gasteiger partial charge in [0, 0.05) is 17.1 Å². The SMILES string of the molecule is Cc1ccc(-n2cnnc2SCC(=O)Nc2cccc(NC(=O)c3cccs3)c2)cc1. The number of benzene rings is 2. The number of rotatable bonds is 7. The van der Waals surface area contributed by atoms with Crippen molar-refractivity contribution in [1.29, 1.82) is 0 Å². The maximum atomic E-state index is 12.4. The molecule has 2 aromatic heterocycles. The van der Waals surface area contributed by atoms with Gasteiger partial charge in [-0.3, -0.25) is 14.2 Å². The van der Waals surface area contributed by atoms with Crippen molar-refractivity contribution in [2.24, 2.45) is 0 Å². The quantitative estimate of drug-likeness (QED) is 0.402. The second-order valence-electron chi connectivity index (χ2n) is 6.67. The van der Waals surface area contributed by atoms with E-state index in [9.17, 15) is 9.59 Å². The first kappa shape index (κ1) is 20.8. The molecule has 0 aliphatic carbocycles. The molecule has 0 unspecified atom stereocenters. The Morgan fingerprint density at radius 2 is 1.81 bits per heavy atom. The molecule has 0 aliphatic heterocycles. The first-order valence-corrected chi connectivity index (χ1v) is 11.3. The van der Waals surface area contributed by atoms with Gasteiger partial charge in [-0.1, -0.05) is 41.6 Å². The van der Waals surface area contributed by atoms with Gasteiger partial charge in [-0.15, -0.1) is 21.5 Å². The molecule has 2 heterocycles. The van der Waals surface area contributed by atoms with Crippen LogP contribution in [0.5, 0.6) is 0 Å². The van der Waals surface area contributed by atoms with Gasteiger partial charge < -0.3 is 10.6 Å². The summed E-state index contributed by atoms with van der Waals surface area (Å²) in [6.45, 7) is 2.03. The third-order valence-corrected chi connectivity index (χ3v) is 6.12. The third-order valence-electron chi connectivity index (χ3n) is 4.31. The van der Waals surface area contributed by atoms with Crippen molar-refractivity contribution in [2.45, 2.75) is 12.1 Å². The Morgan fingerprint density at radius 3 is 2.55 bits per heavy atom. The zero-order chi connectivity index (χ0) is 21.6. The Bertz CT molecular complexity index is 1190. The molecule has 4 rings (SSSR count). The molecular weight excluding hydrogens is 430 g/mol. The second kappa shape index (κ2) is 9.59. The van der Waals surface area contributed by atoms with Crippen LogP contribution in [0, 0.1) is 6.92 Å². The molecule has 4 aromatic rings. The van der Waals surface area contributed by atoms with Crippen LogP contribution >= 0.6 is 23.1 Å². The number of amides is 2. The third kappa shape index (κ3) is 5.39. The summed E-state index contributed by atoms with van der Waals surface area (Å²) in [5.74, 6) is -0.175. The molecule has 31 heavy (non-hydrogen) atoms. The van der Waals surface area contributed by atoms with E-state index >= 15 is 0 Å². The molecule has 7 nitrogen and oxygen atoms in total. The zero-order valence-corrected chi connectivity index (χ0v) is 18.2. The summed E-state index contributed by atoms with van der Waals surface area (Å²) in [6.07, 6.45) is 1.63. The van der Waals surface area contributed by atoms with E-state index in [1.165, 1.54) is 28.7 Å². The number of aryl methyl sites for hydroxylation is 1. The number of anilines is 2. The number of hydrogen-bond donors (Lipinski definition) is 2. The summed E-state index contributed by atoms with van der Waals surface area (Å²) >= 11 is 2.68. The van der Waals surface area contributed by atoms with Crippen molar-refractivity contribution in [3.63, 3.8) is 0 Å². The fourth-order valence-electron chi connectivity index (χ4n) is 2.81. The van der Waals surface area contributed by atoms with Crippen LogP contribution in [0.1, 0.15) is 15.2 Å². The van der Waals surface area contributed by atoms with E-state index in [0.717, 1.165) is 5.69 Å². The Morgan fingerprint density at radius 1 is 1.03 bits per heavy atom. The van der Waals surface area contributed by atoms with E-state index in [2.05, 4.69) is 20.8 Å². The number of nitrogens with zero attached hydrogens (tertiary/aromatic N) is 3. The van der Waals surface area contributed by atoms with Crippen LogP contribution < -0.4 is 10.6 Å². The topological polar surface area (TPSA) is 88.9 Å². The summed E-state index contributed by atoms with van der Waals surface area (Å²) in [7, 11) is 0. The molecule has 0 saturated heterocycles. The average molecular weight is 450 g/mol. The van der Waals surface area contributed by atoms with E-state index in [1.807, 2.05) is 47.2 Å². The molecule has 0 fully saturated rings. The molecule has 0 radical (unpaired) electrons. The average Bonchev–Trinajstić information content (AvgIpc) is 3.45. The van der Waals surface area contributed by atoms with Gasteiger partial charge in [-0.05, 0) is 48.7 Å². The summed E-state index contributed by atoms with van der Waals surface area (Å²) in [6, 6.07) is 18.6. The maximum absolute atomic E-state index is 12.4. The highest BCUT2D eigenvalue weighted by Crippen LogP contribution is 2.21. The van der Waals surface area contributed by atoms with E-state index in [4.69, 9.17) is 0 Å². The highest BCUT2D eigenvalue weighted by molar-refractivity contribution is 7.99. The van der Waals surface area contributed by atoms with Gasteiger partial charge in [0.05, 0.1) is 10.6 Å². The lowest BCUT2D eigenvalue weighted by Crippen LogP contribution is -2.15. The van der Waals surface area contributed by atoms with Crippen LogP contribution in [0.2, 0.25) is 0 Å². The highest BCUT2D eigenvalue weighted by Gasteiger charge is 2.11. The Hall–Kier alpha value is -3.43. The predicted molar refractivity (Wildman–Crippen MR) is 124 cm³/mol. The molecule has 0 saturated carbocycles. The standard InChI is InChI=1S/C22H19N5O2S2/c1-15-7-9-18(10-8-15)27-14-23-26-22(27)31-13-20(28)24-16-4-2-5-17(12-16)25-21(29)19-6-3-11-30-19/h2-12,14H,13H2,1H3,(H,24,28)(H,25,29). The van der Waals surface area contributed by atoms with Gasteiger partial charge in [-0.25, -0.2) is 0 Å². The van der Waals surface area contributed by atoms with E-state index in [1.54, 1.807) is 36.7 Å². The lowest BCUT2D eigenvalue weighted by atomic mass is 10.2. The fourth-order valence-corrected chi connectivity index (χ4v) is 4.16. The van der Waals surface area contributed by atoms with Crippen molar-refractivity contribution in [3.05, 3.63) is 82.8 Å². The number of nitrogens with one attached hydrogen (secondary N) is 2. The van der Waals surface area contributed by atoms with Crippen molar-refractivity contribution < 1.29 is 9.59 Å². The van der Waals surface area contributed by atoms with Gasteiger partial charge in [0.2, 0.25) is 5.91 Å². The molecule has 0 spiro atoms. The number of thiophene rings is 1. The minimum Gasteiger partial charge on any atom is -0.325 e. The van der Waals surface area contributed by atoms with Crippen LogP contribution in [0.4, 0.5) is 11.4 Å². The summed E-state index contributed by atoms with van der Waals surface area (Å²) in [5, 5.41) is 16.3. The zero-order valence-electron chi connectivity index (χ0n) is 16.6. The van der Waals surface area contributed by atoms with Crippen LogP contribution in [0.15, 0.2) is 77.5 Å². The predicted octanol–water partition coefficient (Wildman–Crippen LogP) is 4.62. The van der Waals surface area contributed by atoms with Crippen LogP contribution in [0.25, 0.3) is 5.69 Å². The van der Waals surface area contributed by atoms with E-state index in [0.29, 0.717) is 21.4 Å². The van der Waals surface area contributed by atoms with Gasteiger partial charge in [0.15, 0.2) is 5.16 Å². The minimum atomic E-state index is -0.176. The molecule has 2 aromatic carbocycles. The largest absolute Gasteiger partial charge is 0.325 e. The maximum Gasteiger partial charge on any atom is 0.265 e. The molecule has 0 bridgehead atoms. The van der Waals surface area contributed by atoms with Gasteiger partial charge >= 0.3 is 0 Å². The van der Waals surface area contributed by atoms with Crippen LogP contribution in [-0.2, 0) is 4.79 Å². The minimum absolute atomic E-state index is 0.176. The van der Waals surface area contributed by atoms with E-state index in [-0.39, 0.29) is 17.6 Å². The highest BCUT2D eigenvalue weighted by atomic mass is 32.2. The van der Waals surface area contributed by atoms with Crippen molar-refractivity contribution in [3.8, 4) is 5.69 Å². The normalized spacial score (nSPS) is 10.6. The number of hydrogen-bond acceptors (Lipinski definition) is 6. The second-order valence-corrected chi connectivity index (χ2v) is 8.56. The van der Waals surface area contributed by atoms with Gasteiger partial charge in [-0.2, -0.15) is 0 Å². The molecule has 0 atom stereocenters. The molecule has 156 valence electrons. The fraction of sp³-hybridized carbons (Fsp3) is 0.0909.